The molecule has 0 atom stereocenters. The van der Waals surface area contributed by atoms with Crippen LogP contribution in [0.4, 0.5) is 0 Å². The van der Waals surface area contributed by atoms with Crippen LogP contribution < -0.4 is 0 Å². The molecule has 0 aliphatic rings. The summed E-state index contributed by atoms with van der Waals surface area (Å²) >= 11 is 0. The SMILES string of the molecule is C=C.C=C.C=C.C=C.O=C(O)CCC(=O)O. The quantitative estimate of drug-likeness (QED) is 0.730. The van der Waals surface area contributed by atoms with Gasteiger partial charge in [-0.1, -0.05) is 0 Å². The van der Waals surface area contributed by atoms with Crippen LogP contribution >= 0.6 is 0 Å². The average molecular weight is 230 g/mol. The predicted octanol–water partition coefficient (Wildman–Crippen LogP) is 3.14. The first-order valence-corrected chi connectivity index (χ1v) is 4.06. The van der Waals surface area contributed by atoms with E-state index in [1.807, 2.05) is 0 Å². The second-order valence-electron chi connectivity index (χ2n) is 1.29. The van der Waals surface area contributed by atoms with Crippen molar-refractivity contribution < 1.29 is 19.8 Å². The zero-order valence-electron chi connectivity index (χ0n) is 9.78. The normalized spacial score (nSPS) is 5.25. The molecule has 0 aromatic carbocycles. The van der Waals surface area contributed by atoms with Gasteiger partial charge in [0.2, 0.25) is 0 Å². The van der Waals surface area contributed by atoms with Gasteiger partial charge < -0.3 is 10.2 Å². The second kappa shape index (κ2) is 52.5. The molecule has 0 radical (unpaired) electrons. The largest absolute Gasteiger partial charge is 0.481 e. The van der Waals surface area contributed by atoms with E-state index in [-0.39, 0.29) is 12.8 Å². The minimum absolute atomic E-state index is 0.296. The first-order valence-electron chi connectivity index (χ1n) is 4.06. The molecule has 0 aliphatic carbocycles. The Morgan fingerprint density at radius 1 is 0.625 bits per heavy atom. The summed E-state index contributed by atoms with van der Waals surface area (Å²) in [5, 5.41) is 15.8. The van der Waals surface area contributed by atoms with Gasteiger partial charge >= 0.3 is 11.9 Å². The van der Waals surface area contributed by atoms with Crippen molar-refractivity contribution in [3.8, 4) is 0 Å². The van der Waals surface area contributed by atoms with Crippen LogP contribution in [0.3, 0.4) is 0 Å². The van der Waals surface area contributed by atoms with Crippen molar-refractivity contribution >= 4 is 11.9 Å². The zero-order valence-corrected chi connectivity index (χ0v) is 9.78. The number of hydrogen-bond donors (Lipinski definition) is 2. The molecule has 16 heavy (non-hydrogen) atoms. The highest BCUT2D eigenvalue weighted by atomic mass is 16.4. The number of carbonyl (C=O) groups is 2. The molecule has 4 nitrogen and oxygen atoms in total. The van der Waals surface area contributed by atoms with Gasteiger partial charge in [-0.2, -0.15) is 0 Å². The number of rotatable bonds is 3. The summed E-state index contributed by atoms with van der Waals surface area (Å²) in [6.07, 6.45) is -0.593. The molecule has 0 spiro atoms. The van der Waals surface area contributed by atoms with Gasteiger partial charge in [-0.25, -0.2) is 0 Å². The molecule has 0 saturated heterocycles. The lowest BCUT2D eigenvalue weighted by atomic mass is 10.3. The summed E-state index contributed by atoms with van der Waals surface area (Å²) in [4.78, 5) is 19.3. The van der Waals surface area contributed by atoms with Gasteiger partial charge in [0.1, 0.15) is 0 Å². The molecule has 0 heterocycles. The predicted molar refractivity (Wildman–Crippen MR) is 69.5 cm³/mol. The smallest absolute Gasteiger partial charge is 0.303 e. The number of carboxylic acids is 2. The summed E-state index contributed by atoms with van der Waals surface area (Å²) in [6, 6.07) is 0. The van der Waals surface area contributed by atoms with E-state index in [2.05, 4.69) is 52.6 Å². The number of hydrogen-bond acceptors (Lipinski definition) is 2. The molecule has 0 aromatic heterocycles. The number of aliphatic carboxylic acids is 2. The monoisotopic (exact) mass is 230 g/mol. The molecule has 0 saturated carbocycles. The third kappa shape index (κ3) is 168. The molecular formula is C12H22O4. The van der Waals surface area contributed by atoms with Crippen molar-refractivity contribution in [3.05, 3.63) is 52.6 Å². The molecule has 2 N–H and O–H groups in total. The minimum atomic E-state index is -1.08. The summed E-state index contributed by atoms with van der Waals surface area (Å²) in [6.45, 7) is 24.0. The summed E-state index contributed by atoms with van der Waals surface area (Å²) in [5.41, 5.74) is 0. The summed E-state index contributed by atoms with van der Waals surface area (Å²) < 4.78 is 0. The molecule has 0 amide bonds. The number of carboxylic acid groups (broad SMARTS) is 2. The summed E-state index contributed by atoms with van der Waals surface area (Å²) in [7, 11) is 0. The highest BCUT2D eigenvalue weighted by molar-refractivity contribution is 5.75. The lowest BCUT2D eigenvalue weighted by Gasteiger charge is -1.85. The van der Waals surface area contributed by atoms with E-state index >= 15 is 0 Å². The molecule has 94 valence electrons. The van der Waals surface area contributed by atoms with E-state index in [1.165, 1.54) is 0 Å². The van der Waals surface area contributed by atoms with E-state index in [9.17, 15) is 9.59 Å². The van der Waals surface area contributed by atoms with Crippen LogP contribution in [0.5, 0.6) is 0 Å². The molecule has 0 rings (SSSR count). The van der Waals surface area contributed by atoms with Crippen LogP contribution in [-0.2, 0) is 9.59 Å². The van der Waals surface area contributed by atoms with Gasteiger partial charge in [0.15, 0.2) is 0 Å². The van der Waals surface area contributed by atoms with Gasteiger partial charge in [-0.3, -0.25) is 9.59 Å². The Balaban J connectivity index is -0.0000000426. The standard InChI is InChI=1S/C4H6O4.4C2H4/c5-3(6)1-2-4(7)8;4*1-2/h1-2H2,(H,5,6)(H,7,8);4*1-2H2. The van der Waals surface area contributed by atoms with Crippen molar-refractivity contribution in [3.63, 3.8) is 0 Å². The lowest BCUT2D eigenvalue weighted by Crippen LogP contribution is -2.00. The maximum Gasteiger partial charge on any atom is 0.303 e. The Bertz CT molecular complexity index is 133. The Labute approximate surface area is 97.9 Å². The van der Waals surface area contributed by atoms with E-state index < -0.39 is 11.9 Å². The Hall–Kier alpha value is -2.10. The van der Waals surface area contributed by atoms with Crippen LogP contribution in [0.1, 0.15) is 12.8 Å². The van der Waals surface area contributed by atoms with Crippen LogP contribution in [0.25, 0.3) is 0 Å². The van der Waals surface area contributed by atoms with Crippen molar-refractivity contribution in [2.24, 2.45) is 0 Å². The Kier molecular flexibility index (Phi) is 95.8. The maximum absolute atomic E-state index is 9.64. The van der Waals surface area contributed by atoms with E-state index in [0.29, 0.717) is 0 Å². The van der Waals surface area contributed by atoms with Gasteiger partial charge in [0, 0.05) is 0 Å². The fourth-order valence-corrected chi connectivity index (χ4v) is 0.214. The average Bonchev–Trinajstić information content (AvgIpc) is 2.36. The van der Waals surface area contributed by atoms with Crippen molar-refractivity contribution in [1.29, 1.82) is 0 Å². The van der Waals surface area contributed by atoms with Gasteiger partial charge in [-0.05, 0) is 0 Å². The minimum Gasteiger partial charge on any atom is -0.481 e. The Morgan fingerprint density at radius 2 is 0.750 bits per heavy atom. The van der Waals surface area contributed by atoms with E-state index in [4.69, 9.17) is 10.2 Å². The molecule has 4 heteroatoms. The molecule has 0 bridgehead atoms. The third-order valence-corrected chi connectivity index (χ3v) is 0.553. The maximum atomic E-state index is 9.64. The van der Waals surface area contributed by atoms with Crippen molar-refractivity contribution in [2.75, 3.05) is 0 Å². The van der Waals surface area contributed by atoms with Gasteiger partial charge in [-0.15, -0.1) is 52.6 Å². The summed E-state index contributed by atoms with van der Waals surface area (Å²) in [5.74, 6) is -2.15. The molecule has 0 unspecified atom stereocenters. The second-order valence-corrected chi connectivity index (χ2v) is 1.29. The highest BCUT2D eigenvalue weighted by Gasteiger charge is 2.00. The topological polar surface area (TPSA) is 74.6 Å². The van der Waals surface area contributed by atoms with Crippen LogP contribution in [0, 0.1) is 0 Å². The lowest BCUT2D eigenvalue weighted by molar-refractivity contribution is -0.143. The van der Waals surface area contributed by atoms with E-state index in [0.717, 1.165) is 0 Å². The van der Waals surface area contributed by atoms with Crippen LogP contribution in [0.15, 0.2) is 52.6 Å². The molecule has 0 fully saturated rings. The Morgan fingerprint density at radius 3 is 0.812 bits per heavy atom. The highest BCUT2D eigenvalue weighted by Crippen LogP contribution is 1.86. The van der Waals surface area contributed by atoms with Crippen molar-refractivity contribution in [1.82, 2.24) is 0 Å². The van der Waals surface area contributed by atoms with Crippen LogP contribution in [-0.4, -0.2) is 22.2 Å². The first-order chi connectivity index (χ1) is 7.63. The van der Waals surface area contributed by atoms with E-state index in [1.54, 1.807) is 0 Å². The first kappa shape index (κ1) is 29.2. The van der Waals surface area contributed by atoms with Crippen LogP contribution in [0.2, 0.25) is 0 Å². The van der Waals surface area contributed by atoms with Gasteiger partial charge in [0.25, 0.3) is 0 Å². The molecule has 0 aromatic rings. The molecular weight excluding hydrogens is 208 g/mol. The fourth-order valence-electron chi connectivity index (χ4n) is 0.214. The zero-order chi connectivity index (χ0) is 14.6. The van der Waals surface area contributed by atoms with Crippen molar-refractivity contribution in [2.45, 2.75) is 12.8 Å². The third-order valence-electron chi connectivity index (χ3n) is 0.553. The fraction of sp³-hybridized carbons (Fsp3) is 0.167. The molecule has 0 aliphatic heterocycles. The van der Waals surface area contributed by atoms with Gasteiger partial charge in [0.05, 0.1) is 12.8 Å².